The molecule has 81 heavy (non-hydrogen) atoms. The monoisotopic (exact) mass is 1060 g/mol. The van der Waals surface area contributed by atoms with Crippen molar-refractivity contribution in [1.29, 1.82) is 0 Å². The second-order valence-electron chi connectivity index (χ2n) is 29.2. The number of para-hydroxylation sites is 2. The predicted molar refractivity (Wildman–Crippen MR) is 348 cm³/mol. The topological polar surface area (TPSA) is 13.0 Å². The molecule has 8 aromatic carbocycles. The number of fused-ring (bicyclic) bond motifs is 10. The maximum absolute atomic E-state index is 2.82. The van der Waals surface area contributed by atoms with Crippen LogP contribution in [0.1, 0.15) is 169 Å². The van der Waals surface area contributed by atoms with E-state index in [4.69, 9.17) is 0 Å². The Balaban J connectivity index is 1.13. The largest absolute Gasteiger partial charge is 0.334 e. The Bertz CT molecular complexity index is 3850. The summed E-state index contributed by atoms with van der Waals surface area (Å²) in [5.41, 5.74) is 25.8. The Labute approximate surface area is 485 Å². The fourth-order valence-corrected chi connectivity index (χ4v) is 16.6. The Morgan fingerprint density at radius 2 is 0.877 bits per heavy atom. The summed E-state index contributed by atoms with van der Waals surface area (Å²) in [6, 6.07) is 67.5. The second kappa shape index (κ2) is 17.8. The fourth-order valence-electron chi connectivity index (χ4n) is 16.6. The molecule has 4 atom stereocenters. The first kappa shape index (κ1) is 52.1. The fraction of sp³-hybridized carbons (Fsp3) is 0.368. The third-order valence-electron chi connectivity index (χ3n) is 21.6. The van der Waals surface area contributed by atoms with Gasteiger partial charge in [-0.25, -0.2) is 0 Å². The Hall–Kier alpha value is -6.98. The van der Waals surface area contributed by atoms with Crippen LogP contribution in [-0.4, -0.2) is 17.8 Å². The SMILES string of the molecule is CC(C)(C)c1cccc(N2c3cc(C(C)(C)C)ccc3B3c4cc(N5c6ccccc6C6(C)CCCCC56C)ccc4N(c4ccc(C(C)(C)C)cc4-c4ccccc4)c4cc(N5c6ccccc6C6(C)CCCCC56C)cc2c43)c1. The van der Waals surface area contributed by atoms with E-state index in [-0.39, 0.29) is 44.9 Å². The number of hydrogen-bond donors (Lipinski definition) is 0. The molecule has 0 radical (unpaired) electrons. The molecule has 2 fully saturated rings. The summed E-state index contributed by atoms with van der Waals surface area (Å²) in [7, 11) is 0. The van der Waals surface area contributed by atoms with Crippen LogP contribution < -0.4 is 36.0 Å². The van der Waals surface area contributed by atoms with Crippen LogP contribution in [0.3, 0.4) is 0 Å². The van der Waals surface area contributed by atoms with Crippen LogP contribution >= 0.6 is 0 Å². The molecule has 6 aliphatic rings. The molecule has 2 aliphatic carbocycles. The van der Waals surface area contributed by atoms with Crippen molar-refractivity contribution in [2.45, 2.75) is 180 Å². The van der Waals surface area contributed by atoms with Gasteiger partial charge in [0.25, 0.3) is 6.71 Å². The standard InChI is InChI=1S/C76H83BN4/c1-70(2,3)51-28-25-29-54(44-51)78-66-46-53(72(7,8)9)34-37-60(66)77-61-47-55(80-63-32-19-17-30-58(63)73(10)40-21-23-42-75(73,80)12)36-39-65(61)79(62-38-35-52(71(4,5)6)45-57(62)50-26-15-14-16-27-50)68-49-56(48-67(78)69(68)77)81-64-33-20-18-31-59(64)74(11)41-22-24-43-76(74,81)13/h14-20,25-39,44-49H,21-24,40-43H2,1-13H3. The summed E-state index contributed by atoms with van der Waals surface area (Å²) in [5, 5.41) is 0. The van der Waals surface area contributed by atoms with Gasteiger partial charge in [-0.15, -0.1) is 0 Å². The van der Waals surface area contributed by atoms with E-state index in [9.17, 15) is 0 Å². The Kier molecular flexibility index (Phi) is 11.4. The van der Waals surface area contributed by atoms with E-state index in [1.807, 2.05) is 0 Å². The zero-order chi connectivity index (χ0) is 56.4. The summed E-state index contributed by atoms with van der Waals surface area (Å²) < 4.78 is 0. The smallest absolute Gasteiger partial charge is 0.252 e. The van der Waals surface area contributed by atoms with Gasteiger partial charge in [-0.1, -0.05) is 199 Å². The van der Waals surface area contributed by atoms with Gasteiger partial charge in [0, 0.05) is 67.6 Å². The van der Waals surface area contributed by atoms with Crippen LogP contribution in [0, 0.1) is 0 Å². The molecule has 0 N–H and O–H groups in total. The van der Waals surface area contributed by atoms with Crippen LogP contribution in [0.4, 0.5) is 56.9 Å². The molecule has 14 rings (SSSR count). The lowest BCUT2D eigenvalue weighted by atomic mass is 9.33. The molecule has 4 heterocycles. The molecule has 0 saturated heterocycles. The van der Waals surface area contributed by atoms with Crippen LogP contribution in [0.5, 0.6) is 0 Å². The lowest BCUT2D eigenvalue weighted by molar-refractivity contribution is 0.195. The summed E-state index contributed by atoms with van der Waals surface area (Å²) >= 11 is 0. The molecule has 5 heteroatoms. The molecule has 4 unspecified atom stereocenters. The molecule has 410 valence electrons. The first-order chi connectivity index (χ1) is 38.5. The summed E-state index contributed by atoms with van der Waals surface area (Å²) in [5.74, 6) is 0. The number of anilines is 10. The highest BCUT2D eigenvalue weighted by molar-refractivity contribution is 7.00. The lowest BCUT2D eigenvalue weighted by Crippen LogP contribution is -2.62. The van der Waals surface area contributed by atoms with E-state index < -0.39 is 0 Å². The zero-order valence-corrected chi connectivity index (χ0v) is 50.7. The van der Waals surface area contributed by atoms with Crippen molar-refractivity contribution in [3.05, 3.63) is 198 Å². The van der Waals surface area contributed by atoms with Gasteiger partial charge < -0.3 is 19.6 Å². The van der Waals surface area contributed by atoms with Gasteiger partial charge in [0.15, 0.2) is 0 Å². The minimum atomic E-state index is -0.149. The first-order valence-corrected chi connectivity index (χ1v) is 30.7. The number of rotatable bonds is 5. The molecule has 4 nitrogen and oxygen atoms in total. The minimum Gasteiger partial charge on any atom is -0.334 e. The van der Waals surface area contributed by atoms with Crippen molar-refractivity contribution >= 4 is 80.0 Å². The molecule has 0 aromatic heterocycles. The van der Waals surface area contributed by atoms with Crippen molar-refractivity contribution in [3.63, 3.8) is 0 Å². The van der Waals surface area contributed by atoms with E-state index >= 15 is 0 Å². The van der Waals surface area contributed by atoms with Gasteiger partial charge in [-0.2, -0.15) is 0 Å². The number of nitrogens with zero attached hydrogens (tertiary/aromatic N) is 4. The van der Waals surface area contributed by atoms with Crippen LogP contribution in [0.2, 0.25) is 0 Å². The molecule has 0 spiro atoms. The van der Waals surface area contributed by atoms with Gasteiger partial charge in [0.2, 0.25) is 0 Å². The Morgan fingerprint density at radius 3 is 1.49 bits per heavy atom. The van der Waals surface area contributed by atoms with Gasteiger partial charge >= 0.3 is 0 Å². The van der Waals surface area contributed by atoms with E-state index in [0.717, 1.165) is 12.8 Å². The summed E-state index contributed by atoms with van der Waals surface area (Å²) in [4.78, 5) is 11.0. The van der Waals surface area contributed by atoms with Gasteiger partial charge in [0.05, 0.1) is 16.8 Å². The molecule has 2 saturated carbocycles. The quantitative estimate of drug-likeness (QED) is 0.159. The minimum absolute atomic E-state index is 0.0162. The highest BCUT2D eigenvalue weighted by Gasteiger charge is 2.60. The normalized spacial score (nSPS) is 23.5. The molecule has 8 aromatic rings. The molecular formula is C76H83BN4. The Morgan fingerprint density at radius 1 is 0.358 bits per heavy atom. The summed E-state index contributed by atoms with van der Waals surface area (Å²) in [6.45, 7) is 31.5. The van der Waals surface area contributed by atoms with E-state index in [1.54, 1.807) is 0 Å². The van der Waals surface area contributed by atoms with Crippen molar-refractivity contribution in [2.75, 3.05) is 19.6 Å². The van der Waals surface area contributed by atoms with Crippen molar-refractivity contribution in [2.24, 2.45) is 0 Å². The molecular weight excluding hydrogens is 980 g/mol. The summed E-state index contributed by atoms with van der Waals surface area (Å²) in [6.07, 6.45) is 9.61. The highest BCUT2D eigenvalue weighted by Crippen LogP contribution is 2.63. The third kappa shape index (κ3) is 7.47. The lowest BCUT2D eigenvalue weighted by Gasteiger charge is -2.51. The molecule has 0 bridgehead atoms. The molecule has 4 aliphatic heterocycles. The first-order valence-electron chi connectivity index (χ1n) is 30.7. The number of hydrogen-bond acceptors (Lipinski definition) is 4. The highest BCUT2D eigenvalue weighted by atomic mass is 15.3. The third-order valence-corrected chi connectivity index (χ3v) is 21.6. The zero-order valence-electron chi connectivity index (χ0n) is 50.7. The van der Waals surface area contributed by atoms with Gasteiger partial charge in [-0.3, -0.25) is 0 Å². The maximum Gasteiger partial charge on any atom is 0.252 e. The maximum atomic E-state index is 2.82. The van der Waals surface area contributed by atoms with Crippen molar-refractivity contribution < 1.29 is 0 Å². The van der Waals surface area contributed by atoms with Crippen molar-refractivity contribution in [1.82, 2.24) is 0 Å². The van der Waals surface area contributed by atoms with Gasteiger partial charge in [0.1, 0.15) is 0 Å². The predicted octanol–water partition coefficient (Wildman–Crippen LogP) is 18.8. The average Bonchev–Trinajstić information content (AvgIpc) is 3.59. The van der Waals surface area contributed by atoms with E-state index in [0.29, 0.717) is 0 Å². The van der Waals surface area contributed by atoms with Crippen LogP contribution in [-0.2, 0) is 27.1 Å². The van der Waals surface area contributed by atoms with Gasteiger partial charge in [-0.05, 0) is 178 Å². The van der Waals surface area contributed by atoms with Crippen molar-refractivity contribution in [3.8, 4) is 11.1 Å². The average molecular weight is 1060 g/mol. The molecule has 0 amide bonds. The van der Waals surface area contributed by atoms with Crippen LogP contribution in [0.25, 0.3) is 11.1 Å². The van der Waals surface area contributed by atoms with E-state index in [1.165, 1.54) is 151 Å². The number of benzene rings is 8. The second-order valence-corrected chi connectivity index (χ2v) is 29.2. The van der Waals surface area contributed by atoms with E-state index in [2.05, 4.69) is 279 Å². The van der Waals surface area contributed by atoms with Crippen LogP contribution in [0.15, 0.2) is 170 Å².